The molecule has 11 rings (SSSR count). The fourth-order valence-corrected chi connectivity index (χ4v) is 18.6. The molecular weight excluding hydrogens is 1300 g/mol. The number of hydrogen-bond acceptors (Lipinski definition) is 34. The molecule has 34 nitrogen and oxygen atoms in total. The summed E-state index contributed by atoms with van der Waals surface area (Å²) in [6.45, 7) is 3.54. The van der Waals surface area contributed by atoms with Crippen LogP contribution in [0.25, 0.3) is 0 Å². The van der Waals surface area contributed by atoms with Crippen molar-refractivity contribution in [3.63, 3.8) is 0 Å². The highest BCUT2D eigenvalue weighted by Gasteiger charge is 2.69. The highest BCUT2D eigenvalue weighted by Crippen LogP contribution is 2.71. The van der Waals surface area contributed by atoms with Crippen LogP contribution in [0.1, 0.15) is 91.9 Å². The molecule has 42 atom stereocenters. The van der Waals surface area contributed by atoms with E-state index in [-0.39, 0.29) is 47.2 Å². The average Bonchev–Trinajstić information content (AvgIpc) is 1.57. The zero-order valence-corrected chi connectivity index (χ0v) is 54.7. The van der Waals surface area contributed by atoms with Gasteiger partial charge in [-0.3, -0.25) is 0 Å². The van der Waals surface area contributed by atoms with E-state index in [2.05, 4.69) is 20.8 Å². The Balaban J connectivity index is 0.743. The van der Waals surface area contributed by atoms with Crippen molar-refractivity contribution in [2.75, 3.05) is 46.2 Å². The van der Waals surface area contributed by atoms with Crippen molar-refractivity contribution in [1.82, 2.24) is 0 Å². The first-order valence-electron chi connectivity index (χ1n) is 34.4. The van der Waals surface area contributed by atoms with E-state index in [0.717, 1.165) is 38.5 Å². The molecule has 0 radical (unpaired) electrons. The van der Waals surface area contributed by atoms with Gasteiger partial charge in [0.05, 0.1) is 58.5 Å². The molecule has 562 valence electrons. The van der Waals surface area contributed by atoms with Gasteiger partial charge in [0.2, 0.25) is 0 Å². The maximum atomic E-state index is 12.2. The molecule has 0 aromatic heterocycles. The fourth-order valence-electron chi connectivity index (χ4n) is 18.6. The summed E-state index contributed by atoms with van der Waals surface area (Å²) in [7, 11) is 0. The second-order valence-electron chi connectivity index (χ2n) is 29.9. The quantitative estimate of drug-likeness (QED) is 0.0448. The maximum absolute atomic E-state index is 12.2. The van der Waals surface area contributed by atoms with Gasteiger partial charge in [-0.25, -0.2) is 0 Å². The Labute approximate surface area is 559 Å². The van der Waals surface area contributed by atoms with Crippen molar-refractivity contribution in [3.05, 3.63) is 0 Å². The second-order valence-corrected chi connectivity index (χ2v) is 29.9. The third-order valence-corrected chi connectivity index (χ3v) is 24.3. The molecule has 0 spiro atoms. The molecule has 0 amide bonds. The molecule has 21 N–H and O–H groups in total. The minimum atomic E-state index is -2.25. The van der Waals surface area contributed by atoms with Crippen LogP contribution in [0.4, 0.5) is 0 Å². The number of ether oxygens (including phenoxy) is 13. The van der Waals surface area contributed by atoms with Gasteiger partial charge in [-0.15, -0.1) is 0 Å². The molecule has 11 aliphatic rings. The fraction of sp³-hybridized carbons (Fsp3) is 1.00. The first-order valence-corrected chi connectivity index (χ1v) is 34.4. The van der Waals surface area contributed by atoms with Crippen LogP contribution in [0.2, 0.25) is 0 Å². The molecule has 1 unspecified atom stereocenters. The highest BCUT2D eigenvalue weighted by molar-refractivity contribution is 5.15. The number of fused-ring (bicyclic) bond motifs is 7. The number of aliphatic hydroxyl groups is 21. The summed E-state index contributed by atoms with van der Waals surface area (Å²) < 4.78 is 78.0. The van der Waals surface area contributed by atoms with Gasteiger partial charge >= 0.3 is 0 Å². The molecule has 7 heterocycles. The third-order valence-electron chi connectivity index (χ3n) is 24.3. The Hall–Kier alpha value is -1.36. The van der Waals surface area contributed by atoms with E-state index in [9.17, 15) is 107 Å². The van der Waals surface area contributed by atoms with Gasteiger partial charge in [-0.2, -0.15) is 0 Å². The van der Waals surface area contributed by atoms with Crippen LogP contribution in [0, 0.1) is 52.3 Å². The Morgan fingerprint density at radius 3 is 1.42 bits per heavy atom. The van der Waals surface area contributed by atoms with E-state index in [1.54, 1.807) is 0 Å². The van der Waals surface area contributed by atoms with Crippen LogP contribution >= 0.6 is 0 Å². The lowest BCUT2D eigenvalue weighted by Crippen LogP contribution is -2.69. The lowest BCUT2D eigenvalue weighted by Gasteiger charge is -2.61. The lowest BCUT2D eigenvalue weighted by molar-refractivity contribution is -0.411. The Morgan fingerprint density at radius 2 is 0.856 bits per heavy atom. The van der Waals surface area contributed by atoms with E-state index >= 15 is 0 Å². The SMILES string of the molecule is C[C@H](CCC1(O)O[C@H]2C[C@H]3[C@@H]4CC[C@H]5C[C@@H](O[C@@H]6O[C@H](CO)[C@H](O[C@@H]7O[C@H](CO)[C@@H](O)[C@H](O[C@@H]8O[C@H](CO)[C@@H](O)[C@H](O)[C@H]8O)[C@H]7O[C@@H]7O[C@H](CO)[C@@H](O)[C@H](O[C@@H]8O[C@H](CO)[C@@H](O)[C@H](O)[C@H]8O)[C@H]7O)[C@H](O)[C@H]6O)CC[C@]5(C)[C@H]4CC[C@]3(C)[C@H]2[C@@H]1C)CO[C@@H]1O[C@H](CO)[C@@H](O)[C@H](O)[C@H]1O. The largest absolute Gasteiger partial charge is 0.394 e. The zero-order chi connectivity index (χ0) is 70.2. The normalized spacial score (nSPS) is 55.1. The minimum absolute atomic E-state index is 0.0836. The average molecular weight is 1410 g/mol. The Bertz CT molecular complexity index is 2510. The van der Waals surface area contributed by atoms with Gasteiger partial charge in [-0.05, 0) is 104 Å². The predicted octanol–water partition coefficient (Wildman–Crippen LogP) is -8.31. The number of hydrogen-bond donors (Lipinski definition) is 21. The molecule has 97 heavy (non-hydrogen) atoms. The van der Waals surface area contributed by atoms with Gasteiger partial charge in [0.25, 0.3) is 0 Å². The molecule has 11 fully saturated rings. The molecule has 4 aliphatic carbocycles. The second kappa shape index (κ2) is 31.0. The van der Waals surface area contributed by atoms with Gasteiger partial charge in [0.1, 0.15) is 146 Å². The van der Waals surface area contributed by atoms with Crippen molar-refractivity contribution in [3.8, 4) is 0 Å². The molecule has 0 aromatic carbocycles. The highest BCUT2D eigenvalue weighted by atomic mass is 16.8. The molecule has 4 saturated carbocycles. The molecular formula is C63H106O34. The van der Waals surface area contributed by atoms with Gasteiger partial charge in [0.15, 0.2) is 43.5 Å². The minimum Gasteiger partial charge on any atom is -0.394 e. The topological polar surface area (TPSA) is 545 Å². The van der Waals surface area contributed by atoms with Crippen molar-refractivity contribution < 1.29 is 169 Å². The van der Waals surface area contributed by atoms with Crippen molar-refractivity contribution in [2.24, 2.45) is 52.3 Å². The van der Waals surface area contributed by atoms with Crippen molar-refractivity contribution in [1.29, 1.82) is 0 Å². The number of aliphatic hydroxyl groups excluding tert-OH is 20. The van der Waals surface area contributed by atoms with Crippen LogP contribution in [0.5, 0.6) is 0 Å². The molecule has 0 bridgehead atoms. The smallest absolute Gasteiger partial charge is 0.187 e. The predicted molar refractivity (Wildman–Crippen MR) is 317 cm³/mol. The summed E-state index contributed by atoms with van der Waals surface area (Å²) in [4.78, 5) is 0. The monoisotopic (exact) mass is 1410 g/mol. The first-order chi connectivity index (χ1) is 46.0. The lowest BCUT2D eigenvalue weighted by atomic mass is 9.44. The summed E-state index contributed by atoms with van der Waals surface area (Å²) in [5.74, 6) is -0.219. The summed E-state index contributed by atoms with van der Waals surface area (Å²) in [6, 6.07) is 0. The summed E-state index contributed by atoms with van der Waals surface area (Å²) in [5.41, 5.74) is -0.179. The standard InChI is InChI=1S/C63H106O34/c1-22(21-85-55-46(79)42(75)37(70)30(15-64)87-55)7-12-63(84)23(2)36-29(97-63)14-28-26-6-5-24-13-25(8-10-61(24,3)27(26)9-11-62(28,36)4)86-56-49(82)45(78)51(35(20-69)92-56)93-60-54(53(41(74)34(19-68)91-60)95-58-48(81)44(77)39(72)32(17-66)89-58)96-59-50(83)52(40(73)33(18-67)90-59)94-57-47(80)43(76)38(71)31(16-65)88-57/h22-60,64-84H,5-21H2,1-4H3/t22-,23+,24+,25+,26-,27+,28+,29+,30-,31-,32-,33-,34-,35-,36+,37-,38-,39-,40-,41-,42+,43+,44+,45-,46-,47-,48-,49-,50-,51+,52+,53+,54-,55-,56-,57+,58+,59+,60+,61+,62+,63?/m1/s1. The molecule has 34 heteroatoms. The summed E-state index contributed by atoms with van der Waals surface area (Å²) >= 11 is 0. The Morgan fingerprint density at radius 1 is 0.412 bits per heavy atom. The third kappa shape index (κ3) is 14.4. The summed E-state index contributed by atoms with van der Waals surface area (Å²) in [6.07, 6.45) is -48.2. The van der Waals surface area contributed by atoms with Crippen LogP contribution in [0.3, 0.4) is 0 Å². The maximum Gasteiger partial charge on any atom is 0.187 e. The van der Waals surface area contributed by atoms with E-state index in [4.69, 9.17) is 61.6 Å². The van der Waals surface area contributed by atoms with Crippen molar-refractivity contribution in [2.45, 2.75) is 294 Å². The number of rotatable bonds is 22. The molecule has 0 aromatic rings. The van der Waals surface area contributed by atoms with E-state index in [0.29, 0.717) is 43.4 Å². The van der Waals surface area contributed by atoms with Gasteiger partial charge in [0, 0.05) is 12.3 Å². The molecule has 7 saturated heterocycles. The van der Waals surface area contributed by atoms with Crippen LogP contribution in [-0.4, -0.2) is 356 Å². The van der Waals surface area contributed by atoms with Crippen molar-refractivity contribution >= 4 is 0 Å². The summed E-state index contributed by atoms with van der Waals surface area (Å²) in [5, 5.41) is 228. The van der Waals surface area contributed by atoms with Gasteiger partial charge < -0.3 is 169 Å². The van der Waals surface area contributed by atoms with Crippen LogP contribution in [0.15, 0.2) is 0 Å². The molecule has 7 aliphatic heterocycles. The van der Waals surface area contributed by atoms with E-state index in [1.807, 2.05) is 6.92 Å². The van der Waals surface area contributed by atoms with Crippen LogP contribution < -0.4 is 0 Å². The van der Waals surface area contributed by atoms with Gasteiger partial charge in [-0.1, -0.05) is 27.7 Å². The zero-order valence-electron chi connectivity index (χ0n) is 54.7. The Kier molecular flexibility index (Phi) is 24.5. The first kappa shape index (κ1) is 76.8. The van der Waals surface area contributed by atoms with E-state index in [1.165, 1.54) is 0 Å². The van der Waals surface area contributed by atoms with Crippen LogP contribution in [-0.2, 0) is 61.6 Å². The van der Waals surface area contributed by atoms with E-state index < -0.39 is 236 Å².